The molecule has 0 aliphatic carbocycles. The summed E-state index contributed by atoms with van der Waals surface area (Å²) in [4.78, 5) is 13.6. The van der Waals surface area contributed by atoms with E-state index in [9.17, 15) is 4.79 Å². The highest BCUT2D eigenvalue weighted by Gasteiger charge is 2.54. The second kappa shape index (κ2) is 14.6. The highest BCUT2D eigenvalue weighted by atomic mass is 16.5. The molecule has 3 rings (SSSR count). The number of esters is 1. The number of aryl methyl sites for hydroxylation is 1. The third-order valence-corrected chi connectivity index (χ3v) is 8.60. The van der Waals surface area contributed by atoms with Crippen LogP contribution in [0.3, 0.4) is 0 Å². The van der Waals surface area contributed by atoms with Gasteiger partial charge in [0, 0.05) is 5.56 Å². The van der Waals surface area contributed by atoms with E-state index < -0.39 is 5.41 Å². The molecule has 1 aliphatic rings. The van der Waals surface area contributed by atoms with Gasteiger partial charge in [0.15, 0.2) is 0 Å². The number of carbonyl (C=O) groups excluding carboxylic acids is 1. The quantitative estimate of drug-likeness (QED) is 0.125. The summed E-state index contributed by atoms with van der Waals surface area (Å²) < 4.78 is 5.88. The van der Waals surface area contributed by atoms with E-state index >= 15 is 0 Å². The van der Waals surface area contributed by atoms with Crippen molar-refractivity contribution in [2.24, 2.45) is 5.92 Å². The second-order valence-corrected chi connectivity index (χ2v) is 11.2. The van der Waals surface area contributed by atoms with E-state index in [1.165, 1.54) is 101 Å². The van der Waals surface area contributed by atoms with Gasteiger partial charge in [0.2, 0.25) is 0 Å². The van der Waals surface area contributed by atoms with E-state index in [0.717, 1.165) is 23.3 Å². The van der Waals surface area contributed by atoms with Crippen LogP contribution >= 0.6 is 0 Å². The largest absolute Gasteiger partial charge is 0.425 e. The first kappa shape index (κ1) is 28.5. The predicted octanol–water partition coefficient (Wildman–Crippen LogP) is 10.0. The van der Waals surface area contributed by atoms with Crippen LogP contribution in [0.4, 0.5) is 0 Å². The maximum absolute atomic E-state index is 13.6. The molecule has 0 radical (unpaired) electrons. The lowest BCUT2D eigenvalue weighted by molar-refractivity contribution is -0.138. The molecule has 0 aromatic heterocycles. The van der Waals surface area contributed by atoms with E-state index in [4.69, 9.17) is 4.74 Å². The second-order valence-electron chi connectivity index (χ2n) is 11.2. The molecule has 0 fully saturated rings. The highest BCUT2D eigenvalue weighted by Crippen LogP contribution is 2.51. The number of ether oxygens (including phenoxy) is 1. The van der Waals surface area contributed by atoms with Crippen molar-refractivity contribution in [3.05, 3.63) is 64.7 Å². The average Bonchev–Trinajstić information content (AvgIpc) is 3.18. The van der Waals surface area contributed by atoms with Crippen molar-refractivity contribution in [3.63, 3.8) is 0 Å². The predicted molar refractivity (Wildman–Crippen MR) is 153 cm³/mol. The first-order valence-electron chi connectivity index (χ1n) is 14.9. The van der Waals surface area contributed by atoms with Crippen molar-refractivity contribution in [1.82, 2.24) is 0 Å². The molecule has 0 bridgehead atoms. The molecule has 2 heteroatoms. The van der Waals surface area contributed by atoms with Gasteiger partial charge in [0.05, 0.1) is 0 Å². The molecule has 0 amide bonds. The van der Waals surface area contributed by atoms with Gasteiger partial charge in [0.25, 0.3) is 0 Å². The first-order chi connectivity index (χ1) is 17.5. The number of hydrogen-bond acceptors (Lipinski definition) is 2. The fraction of sp³-hybridized carbons (Fsp3) is 0.618. The Balaban J connectivity index is 1.47. The van der Waals surface area contributed by atoms with Crippen LogP contribution in [0.25, 0.3) is 0 Å². The summed E-state index contributed by atoms with van der Waals surface area (Å²) in [7, 11) is 0. The maximum Gasteiger partial charge on any atom is 0.326 e. The molecule has 2 nitrogen and oxygen atoms in total. The fourth-order valence-corrected chi connectivity index (χ4v) is 6.20. The number of benzene rings is 2. The zero-order chi connectivity index (χ0) is 25.8. The SMILES string of the molecule is CCCCCCCCCCCCCCCCC(C)C1(c2cccc(C)c2C)C(=O)Oc2ccccc21. The molecule has 0 N–H and O–H groups in total. The fourth-order valence-electron chi connectivity index (χ4n) is 6.20. The minimum absolute atomic E-state index is 0.102. The Morgan fingerprint density at radius 2 is 1.22 bits per heavy atom. The summed E-state index contributed by atoms with van der Waals surface area (Å²) >= 11 is 0. The minimum Gasteiger partial charge on any atom is -0.425 e. The van der Waals surface area contributed by atoms with Gasteiger partial charge in [-0.25, -0.2) is 0 Å². The molecule has 2 aromatic rings. The van der Waals surface area contributed by atoms with Crippen LogP contribution in [0.2, 0.25) is 0 Å². The van der Waals surface area contributed by atoms with E-state index in [-0.39, 0.29) is 11.9 Å². The number of rotatable bonds is 17. The summed E-state index contributed by atoms with van der Waals surface area (Å²) in [5, 5.41) is 0. The van der Waals surface area contributed by atoms with Gasteiger partial charge in [-0.05, 0) is 48.9 Å². The maximum atomic E-state index is 13.6. The zero-order valence-corrected chi connectivity index (χ0v) is 23.5. The molecule has 2 unspecified atom stereocenters. The third-order valence-electron chi connectivity index (χ3n) is 8.60. The molecule has 1 aliphatic heterocycles. The molecular weight excluding hydrogens is 440 g/mol. The van der Waals surface area contributed by atoms with E-state index in [2.05, 4.69) is 52.0 Å². The highest BCUT2D eigenvalue weighted by molar-refractivity contribution is 5.95. The summed E-state index contributed by atoms with van der Waals surface area (Å²) in [5.74, 6) is 0.818. The van der Waals surface area contributed by atoms with Gasteiger partial charge in [-0.2, -0.15) is 0 Å². The molecule has 0 spiro atoms. The lowest BCUT2D eigenvalue weighted by Crippen LogP contribution is -2.42. The average molecular weight is 491 g/mol. The summed E-state index contributed by atoms with van der Waals surface area (Å²) in [6.07, 6.45) is 20.2. The van der Waals surface area contributed by atoms with Crippen molar-refractivity contribution >= 4 is 5.97 Å². The van der Waals surface area contributed by atoms with E-state index in [0.29, 0.717) is 0 Å². The van der Waals surface area contributed by atoms with Crippen molar-refractivity contribution in [2.75, 3.05) is 0 Å². The Bertz CT molecular complexity index is 946. The van der Waals surface area contributed by atoms with Gasteiger partial charge in [-0.3, -0.25) is 4.79 Å². The van der Waals surface area contributed by atoms with Gasteiger partial charge in [-0.1, -0.05) is 140 Å². The van der Waals surface area contributed by atoms with Crippen molar-refractivity contribution in [3.8, 4) is 5.75 Å². The van der Waals surface area contributed by atoms with Gasteiger partial charge >= 0.3 is 5.97 Å². The molecule has 36 heavy (non-hydrogen) atoms. The van der Waals surface area contributed by atoms with Crippen LogP contribution in [0.15, 0.2) is 42.5 Å². The number of fused-ring (bicyclic) bond motifs is 1. The Kier molecular flexibility index (Phi) is 11.5. The molecule has 0 saturated carbocycles. The minimum atomic E-state index is -0.705. The van der Waals surface area contributed by atoms with Crippen LogP contribution < -0.4 is 4.74 Å². The Morgan fingerprint density at radius 1 is 0.694 bits per heavy atom. The Labute approximate surface area is 221 Å². The Hall–Kier alpha value is -2.09. The molecule has 1 heterocycles. The molecule has 0 saturated heterocycles. The monoisotopic (exact) mass is 490 g/mol. The molecule has 2 aromatic carbocycles. The van der Waals surface area contributed by atoms with Gasteiger partial charge in [0.1, 0.15) is 11.2 Å². The van der Waals surface area contributed by atoms with E-state index in [1.54, 1.807) is 0 Å². The normalized spacial score (nSPS) is 17.7. The standard InChI is InChI=1S/C34H50O2/c1-5-6-7-8-9-10-11-12-13-14-15-16-17-18-23-28(3)34(30-25-21-22-27(2)29(30)4)31-24-19-20-26-32(31)36-33(34)35/h19-22,24-26,28H,5-18,23H2,1-4H3. The van der Waals surface area contributed by atoms with Crippen LogP contribution in [0.1, 0.15) is 132 Å². The van der Waals surface area contributed by atoms with Crippen LogP contribution in [-0.4, -0.2) is 5.97 Å². The number of hydrogen-bond donors (Lipinski definition) is 0. The topological polar surface area (TPSA) is 26.3 Å². The summed E-state index contributed by atoms with van der Waals surface area (Å²) in [6.45, 7) is 8.83. The van der Waals surface area contributed by atoms with Crippen LogP contribution in [0.5, 0.6) is 5.75 Å². The van der Waals surface area contributed by atoms with Crippen molar-refractivity contribution < 1.29 is 9.53 Å². The summed E-state index contributed by atoms with van der Waals surface area (Å²) in [6, 6.07) is 14.4. The van der Waals surface area contributed by atoms with Crippen molar-refractivity contribution in [1.29, 1.82) is 0 Å². The Morgan fingerprint density at radius 3 is 1.83 bits per heavy atom. The number of para-hydroxylation sites is 1. The van der Waals surface area contributed by atoms with Gasteiger partial charge in [-0.15, -0.1) is 0 Å². The zero-order valence-electron chi connectivity index (χ0n) is 23.5. The third kappa shape index (κ3) is 6.81. The molecular formula is C34H50O2. The number of carbonyl (C=O) groups is 1. The lowest BCUT2D eigenvalue weighted by atomic mass is 9.64. The summed E-state index contributed by atoms with van der Waals surface area (Å²) in [5.41, 5.74) is 3.90. The van der Waals surface area contributed by atoms with Crippen LogP contribution in [-0.2, 0) is 10.2 Å². The molecule has 198 valence electrons. The lowest BCUT2D eigenvalue weighted by Gasteiger charge is -2.35. The molecule has 2 atom stereocenters. The van der Waals surface area contributed by atoms with E-state index in [1.807, 2.05) is 18.2 Å². The van der Waals surface area contributed by atoms with Gasteiger partial charge < -0.3 is 4.74 Å². The van der Waals surface area contributed by atoms with Crippen molar-refractivity contribution in [2.45, 2.75) is 129 Å². The number of unbranched alkanes of at least 4 members (excludes halogenated alkanes) is 13. The van der Waals surface area contributed by atoms with Crippen LogP contribution in [0, 0.1) is 19.8 Å². The first-order valence-corrected chi connectivity index (χ1v) is 14.9. The smallest absolute Gasteiger partial charge is 0.326 e.